The third-order valence-electron chi connectivity index (χ3n) is 5.90. The molecule has 35 heavy (non-hydrogen) atoms. The molecule has 0 aromatic rings. The first-order chi connectivity index (χ1) is 17.2. The smallest absolute Gasteiger partial charge is 0.307 e. The number of esters is 2. The molecule has 0 radical (unpaired) electrons. The maximum absolute atomic E-state index is 11.8. The van der Waals surface area contributed by atoms with Crippen molar-refractivity contribution in [1.82, 2.24) is 0 Å². The first kappa shape index (κ1) is 33.8. The number of methoxy groups -OCH3 is 1. The lowest BCUT2D eigenvalue weighted by Crippen LogP contribution is -2.14. The van der Waals surface area contributed by atoms with E-state index in [9.17, 15) is 9.59 Å². The van der Waals surface area contributed by atoms with Gasteiger partial charge < -0.3 is 23.7 Å². The van der Waals surface area contributed by atoms with Gasteiger partial charge in [0.1, 0.15) is 6.61 Å². The Hall–Kier alpha value is -1.18. The van der Waals surface area contributed by atoms with E-state index in [-0.39, 0.29) is 25.0 Å². The Morgan fingerprint density at radius 2 is 0.857 bits per heavy atom. The first-order valence-corrected chi connectivity index (χ1v) is 14.2. The summed E-state index contributed by atoms with van der Waals surface area (Å²) in [5.41, 5.74) is 0. The number of rotatable bonds is 28. The highest BCUT2D eigenvalue weighted by atomic mass is 16.6. The van der Waals surface area contributed by atoms with Crippen LogP contribution < -0.4 is 0 Å². The predicted octanol–water partition coefficient (Wildman–Crippen LogP) is 6.40. The number of carbonyl (C=O) groups is 2. The quantitative estimate of drug-likeness (QED) is 0.0904. The molecule has 0 N–H and O–H groups in total. The van der Waals surface area contributed by atoms with E-state index in [4.69, 9.17) is 18.9 Å². The Bertz CT molecular complexity index is 457. The zero-order valence-electron chi connectivity index (χ0n) is 22.8. The summed E-state index contributed by atoms with van der Waals surface area (Å²) in [5.74, 6) is -0.418. The number of hydrogen-bond donors (Lipinski definition) is 0. The molecule has 0 aliphatic rings. The van der Waals surface area contributed by atoms with Crippen LogP contribution in [0.15, 0.2) is 0 Å². The van der Waals surface area contributed by atoms with E-state index in [2.05, 4.69) is 11.7 Å². The van der Waals surface area contributed by atoms with Crippen molar-refractivity contribution in [1.29, 1.82) is 0 Å². The highest BCUT2D eigenvalue weighted by molar-refractivity contribution is 5.69. The molecule has 0 saturated heterocycles. The van der Waals surface area contributed by atoms with Crippen LogP contribution in [0.4, 0.5) is 0 Å². The average Bonchev–Trinajstić information content (AvgIpc) is 2.86. The fourth-order valence-corrected chi connectivity index (χ4v) is 3.73. The Morgan fingerprint density at radius 1 is 0.457 bits per heavy atom. The summed E-state index contributed by atoms with van der Waals surface area (Å²) in [5, 5.41) is 0. The van der Waals surface area contributed by atoms with Crippen molar-refractivity contribution in [2.45, 2.75) is 116 Å². The lowest BCUT2D eigenvalue weighted by molar-refractivity contribution is -0.145. The number of ether oxygens (including phenoxy) is 5. The molecule has 0 unspecified atom stereocenters. The Kier molecular flexibility index (Phi) is 28.1. The van der Waals surface area contributed by atoms with Crippen LogP contribution in [0.2, 0.25) is 0 Å². The first-order valence-electron chi connectivity index (χ1n) is 14.2. The minimum absolute atomic E-state index is 0.136. The summed E-state index contributed by atoms with van der Waals surface area (Å²) < 4.78 is 25.7. The van der Waals surface area contributed by atoms with Crippen LogP contribution in [0.3, 0.4) is 0 Å². The molecule has 0 spiro atoms. The lowest BCUT2D eigenvalue weighted by Gasteiger charge is -2.07. The molecule has 7 heteroatoms. The van der Waals surface area contributed by atoms with Gasteiger partial charge in [-0.25, -0.2) is 0 Å². The molecule has 0 saturated carbocycles. The molecule has 7 nitrogen and oxygen atoms in total. The third kappa shape index (κ3) is 28.9. The Morgan fingerprint density at radius 3 is 1.31 bits per heavy atom. The Labute approximate surface area is 214 Å². The van der Waals surface area contributed by atoms with Crippen LogP contribution in [0, 0.1) is 0 Å². The molecule has 0 fully saturated rings. The highest BCUT2D eigenvalue weighted by Crippen LogP contribution is 2.13. The van der Waals surface area contributed by atoms with Crippen LogP contribution in [-0.4, -0.2) is 65.3 Å². The topological polar surface area (TPSA) is 80.3 Å². The van der Waals surface area contributed by atoms with Gasteiger partial charge in [0.2, 0.25) is 0 Å². The monoisotopic (exact) mass is 502 g/mol. The van der Waals surface area contributed by atoms with Gasteiger partial charge in [0.05, 0.1) is 53.2 Å². The zero-order valence-corrected chi connectivity index (χ0v) is 22.8. The number of unbranched alkanes of at least 4 members (excludes halogenated alkanes) is 14. The summed E-state index contributed by atoms with van der Waals surface area (Å²) >= 11 is 0. The van der Waals surface area contributed by atoms with Gasteiger partial charge in [-0.2, -0.15) is 0 Å². The minimum Gasteiger partial charge on any atom is -0.469 e. The predicted molar refractivity (Wildman–Crippen MR) is 140 cm³/mol. The second-order valence-electron chi connectivity index (χ2n) is 9.08. The van der Waals surface area contributed by atoms with Crippen molar-refractivity contribution >= 4 is 11.9 Å². The molecule has 0 bridgehead atoms. The lowest BCUT2D eigenvalue weighted by atomic mass is 10.0. The summed E-state index contributed by atoms with van der Waals surface area (Å²) in [7, 11) is 1.36. The standard InChI is InChI=1S/C28H54O7/c1-3-4-5-6-7-8-9-10-11-12-13-14-15-16-17-18-28(30)35-26-25-34-24-23-33-22-21-32-20-19-27(29)31-2/h3-26H2,1-2H3. The van der Waals surface area contributed by atoms with Crippen molar-refractivity contribution < 1.29 is 33.3 Å². The van der Waals surface area contributed by atoms with Gasteiger partial charge in [0.15, 0.2) is 0 Å². The van der Waals surface area contributed by atoms with Crippen LogP contribution in [0.1, 0.15) is 116 Å². The fraction of sp³-hybridized carbons (Fsp3) is 0.929. The van der Waals surface area contributed by atoms with E-state index in [1.807, 2.05) is 0 Å². The third-order valence-corrected chi connectivity index (χ3v) is 5.90. The Balaban J connectivity index is 3.17. The van der Waals surface area contributed by atoms with Gasteiger partial charge in [-0.3, -0.25) is 9.59 Å². The fourth-order valence-electron chi connectivity index (χ4n) is 3.73. The summed E-state index contributed by atoms with van der Waals surface area (Å²) in [6, 6.07) is 0. The van der Waals surface area contributed by atoms with Gasteiger partial charge in [0.25, 0.3) is 0 Å². The molecule has 0 aromatic heterocycles. The maximum Gasteiger partial charge on any atom is 0.307 e. The minimum atomic E-state index is -0.283. The van der Waals surface area contributed by atoms with Crippen molar-refractivity contribution in [3.8, 4) is 0 Å². The second-order valence-corrected chi connectivity index (χ2v) is 9.08. The maximum atomic E-state index is 11.8. The van der Waals surface area contributed by atoms with E-state index >= 15 is 0 Å². The molecule has 208 valence electrons. The molecule has 0 heterocycles. The molecular formula is C28H54O7. The van der Waals surface area contributed by atoms with E-state index in [1.54, 1.807) is 0 Å². The van der Waals surface area contributed by atoms with Gasteiger partial charge >= 0.3 is 11.9 Å². The zero-order chi connectivity index (χ0) is 25.7. The van der Waals surface area contributed by atoms with Crippen molar-refractivity contribution in [2.24, 2.45) is 0 Å². The van der Waals surface area contributed by atoms with E-state index in [0.29, 0.717) is 46.1 Å². The number of hydrogen-bond acceptors (Lipinski definition) is 7. The number of carbonyl (C=O) groups excluding carboxylic acids is 2. The van der Waals surface area contributed by atoms with Gasteiger partial charge in [-0.05, 0) is 6.42 Å². The summed E-state index contributed by atoms with van der Waals surface area (Å²) in [6.07, 6.45) is 20.5. The van der Waals surface area contributed by atoms with E-state index in [0.717, 1.165) is 12.8 Å². The SMILES string of the molecule is CCCCCCCCCCCCCCCCCC(=O)OCCOCCOCCOCCC(=O)OC. The van der Waals surface area contributed by atoms with Gasteiger partial charge in [-0.15, -0.1) is 0 Å². The normalized spacial score (nSPS) is 11.0. The second kappa shape index (κ2) is 29.1. The molecule has 0 amide bonds. The molecule has 0 aromatic carbocycles. The highest BCUT2D eigenvalue weighted by Gasteiger charge is 2.03. The van der Waals surface area contributed by atoms with Crippen LogP contribution in [0.25, 0.3) is 0 Å². The van der Waals surface area contributed by atoms with Gasteiger partial charge in [0, 0.05) is 6.42 Å². The van der Waals surface area contributed by atoms with E-state index in [1.165, 1.54) is 90.6 Å². The molecule has 0 aliphatic heterocycles. The molecular weight excluding hydrogens is 448 g/mol. The average molecular weight is 503 g/mol. The van der Waals surface area contributed by atoms with Crippen molar-refractivity contribution in [3.05, 3.63) is 0 Å². The van der Waals surface area contributed by atoms with Gasteiger partial charge in [-0.1, -0.05) is 96.8 Å². The molecule has 0 aliphatic carbocycles. The van der Waals surface area contributed by atoms with Crippen molar-refractivity contribution in [3.63, 3.8) is 0 Å². The molecule has 0 rings (SSSR count). The largest absolute Gasteiger partial charge is 0.469 e. The summed E-state index contributed by atoms with van der Waals surface area (Å²) in [6.45, 7) is 5.03. The molecule has 0 atom stereocenters. The summed E-state index contributed by atoms with van der Waals surface area (Å²) in [4.78, 5) is 22.7. The van der Waals surface area contributed by atoms with Crippen molar-refractivity contribution in [2.75, 3.05) is 53.4 Å². The van der Waals surface area contributed by atoms with Crippen LogP contribution in [0.5, 0.6) is 0 Å². The van der Waals surface area contributed by atoms with Crippen LogP contribution >= 0.6 is 0 Å². The van der Waals surface area contributed by atoms with Crippen LogP contribution in [-0.2, 0) is 33.3 Å². The van der Waals surface area contributed by atoms with E-state index < -0.39 is 0 Å².